The summed E-state index contributed by atoms with van der Waals surface area (Å²) in [6, 6.07) is 9.96. The molecule has 0 saturated carbocycles. The minimum atomic E-state index is -0.368. The fourth-order valence-corrected chi connectivity index (χ4v) is 3.11. The van der Waals surface area contributed by atoms with Crippen LogP contribution < -0.4 is 10.6 Å². The Balaban J connectivity index is 1.71. The second-order valence-corrected chi connectivity index (χ2v) is 6.31. The molecule has 132 valence electrons. The number of nitrogens with zero attached hydrogens (tertiary/aromatic N) is 3. The number of anilines is 2. The molecule has 0 bridgehead atoms. The lowest BCUT2D eigenvalue weighted by Crippen LogP contribution is -2.46. The maximum atomic E-state index is 13.8. The van der Waals surface area contributed by atoms with Gasteiger partial charge in [0.15, 0.2) is 0 Å². The smallest absolute Gasteiger partial charge is 0.292 e. The lowest BCUT2D eigenvalue weighted by molar-refractivity contribution is -0.384. The summed E-state index contributed by atoms with van der Waals surface area (Å²) in [5, 5.41) is 11.4. The van der Waals surface area contributed by atoms with Crippen LogP contribution in [0.1, 0.15) is 11.1 Å². The summed E-state index contributed by atoms with van der Waals surface area (Å²) in [6.07, 6.45) is 0. The van der Waals surface area contributed by atoms with E-state index in [0.29, 0.717) is 55.2 Å². The van der Waals surface area contributed by atoms with Gasteiger partial charge < -0.3 is 10.6 Å². The number of hydrogen-bond acceptors (Lipinski definition) is 5. The second kappa shape index (κ2) is 7.06. The van der Waals surface area contributed by atoms with Crippen LogP contribution in [0.3, 0.4) is 0 Å². The third-order valence-corrected chi connectivity index (χ3v) is 4.62. The topological polar surface area (TPSA) is 75.6 Å². The zero-order valence-corrected chi connectivity index (χ0v) is 14.1. The van der Waals surface area contributed by atoms with Gasteiger partial charge in [-0.25, -0.2) is 4.39 Å². The van der Waals surface area contributed by atoms with Crippen molar-refractivity contribution in [2.75, 3.05) is 36.8 Å². The van der Waals surface area contributed by atoms with Gasteiger partial charge in [0.25, 0.3) is 5.69 Å². The number of rotatable bonds is 4. The minimum absolute atomic E-state index is 0.0780. The SMILES string of the molecule is Cc1cc([N+](=O)[O-])c(N2CCN(Cc3ccccc3F)CC2)cc1N. The third-order valence-electron chi connectivity index (χ3n) is 4.62. The molecule has 2 aromatic rings. The standard InChI is InChI=1S/C18H21FN4O2/c1-13-10-18(23(24)25)17(11-16(13)20)22-8-6-21(7-9-22)12-14-4-2-3-5-15(14)19/h2-5,10-11H,6-9,12,20H2,1H3. The van der Waals surface area contributed by atoms with E-state index in [4.69, 9.17) is 5.73 Å². The Morgan fingerprint density at radius 2 is 1.88 bits per heavy atom. The van der Waals surface area contributed by atoms with Gasteiger partial charge in [0, 0.05) is 50.0 Å². The van der Waals surface area contributed by atoms with E-state index in [1.807, 2.05) is 11.0 Å². The lowest BCUT2D eigenvalue weighted by Gasteiger charge is -2.36. The van der Waals surface area contributed by atoms with Crippen molar-refractivity contribution < 1.29 is 9.31 Å². The van der Waals surface area contributed by atoms with Gasteiger partial charge in [0.1, 0.15) is 11.5 Å². The quantitative estimate of drug-likeness (QED) is 0.524. The average molecular weight is 344 g/mol. The van der Waals surface area contributed by atoms with Gasteiger partial charge in [-0.15, -0.1) is 0 Å². The van der Waals surface area contributed by atoms with E-state index in [2.05, 4.69) is 4.90 Å². The summed E-state index contributed by atoms with van der Waals surface area (Å²) >= 11 is 0. The molecule has 0 amide bonds. The van der Waals surface area contributed by atoms with Crippen molar-refractivity contribution in [2.24, 2.45) is 0 Å². The van der Waals surface area contributed by atoms with Gasteiger partial charge >= 0.3 is 0 Å². The molecule has 7 heteroatoms. The van der Waals surface area contributed by atoms with Crippen LogP contribution >= 0.6 is 0 Å². The van der Waals surface area contributed by atoms with Crippen LogP contribution in [0.4, 0.5) is 21.5 Å². The second-order valence-electron chi connectivity index (χ2n) is 6.31. The highest BCUT2D eigenvalue weighted by Gasteiger charge is 2.25. The predicted molar refractivity (Wildman–Crippen MR) is 96.1 cm³/mol. The number of halogens is 1. The van der Waals surface area contributed by atoms with Crippen LogP contribution in [0, 0.1) is 22.9 Å². The average Bonchev–Trinajstić information content (AvgIpc) is 2.59. The maximum absolute atomic E-state index is 13.8. The molecule has 1 saturated heterocycles. The van der Waals surface area contributed by atoms with Crippen molar-refractivity contribution in [3.8, 4) is 0 Å². The highest BCUT2D eigenvalue weighted by atomic mass is 19.1. The molecule has 1 fully saturated rings. The van der Waals surface area contributed by atoms with E-state index in [9.17, 15) is 14.5 Å². The molecule has 1 heterocycles. The Morgan fingerprint density at radius 1 is 1.20 bits per heavy atom. The van der Waals surface area contributed by atoms with Crippen molar-refractivity contribution in [1.29, 1.82) is 0 Å². The van der Waals surface area contributed by atoms with Gasteiger partial charge in [-0.3, -0.25) is 15.0 Å². The summed E-state index contributed by atoms with van der Waals surface area (Å²) in [5.41, 5.74) is 8.49. The fraction of sp³-hybridized carbons (Fsp3) is 0.333. The van der Waals surface area contributed by atoms with E-state index in [1.54, 1.807) is 25.1 Å². The third kappa shape index (κ3) is 3.71. The zero-order chi connectivity index (χ0) is 18.0. The number of hydrogen-bond donors (Lipinski definition) is 1. The Kier molecular flexibility index (Phi) is 4.85. The molecule has 1 aliphatic rings. The molecule has 0 unspecified atom stereocenters. The van der Waals surface area contributed by atoms with E-state index < -0.39 is 0 Å². The molecule has 2 N–H and O–H groups in total. The molecule has 0 atom stereocenters. The number of aryl methyl sites for hydroxylation is 1. The molecule has 1 aliphatic heterocycles. The van der Waals surface area contributed by atoms with Crippen molar-refractivity contribution in [2.45, 2.75) is 13.5 Å². The van der Waals surface area contributed by atoms with Gasteiger partial charge in [-0.05, 0) is 24.6 Å². The number of nitro groups is 1. The molecule has 3 rings (SSSR count). The van der Waals surface area contributed by atoms with E-state index in [1.165, 1.54) is 12.1 Å². The van der Waals surface area contributed by atoms with Gasteiger partial charge in [0.2, 0.25) is 0 Å². The van der Waals surface area contributed by atoms with Crippen LogP contribution in [-0.2, 0) is 6.54 Å². The summed E-state index contributed by atoms with van der Waals surface area (Å²) in [4.78, 5) is 15.1. The lowest BCUT2D eigenvalue weighted by atomic mass is 10.1. The molecule has 0 radical (unpaired) electrons. The Bertz CT molecular complexity index is 789. The number of nitrogen functional groups attached to an aromatic ring is 1. The summed E-state index contributed by atoms with van der Waals surface area (Å²) in [6.45, 7) is 4.99. The zero-order valence-electron chi connectivity index (χ0n) is 14.1. The largest absolute Gasteiger partial charge is 0.398 e. The van der Waals surface area contributed by atoms with E-state index >= 15 is 0 Å². The Hall–Kier alpha value is -2.67. The number of benzene rings is 2. The molecule has 0 spiro atoms. The molecular weight excluding hydrogens is 323 g/mol. The highest BCUT2D eigenvalue weighted by Crippen LogP contribution is 2.33. The number of nitrogens with two attached hydrogens (primary N) is 1. The van der Waals surface area contributed by atoms with Gasteiger partial charge in [-0.1, -0.05) is 18.2 Å². The first kappa shape index (κ1) is 17.2. The predicted octanol–water partition coefficient (Wildman–Crippen LogP) is 2.95. The molecule has 2 aromatic carbocycles. The summed E-state index contributed by atoms with van der Waals surface area (Å²) in [7, 11) is 0. The van der Waals surface area contributed by atoms with Crippen molar-refractivity contribution in [3.05, 3.63) is 63.5 Å². The molecule has 0 aromatic heterocycles. The van der Waals surface area contributed by atoms with Crippen LogP contribution in [0.5, 0.6) is 0 Å². The first-order valence-corrected chi connectivity index (χ1v) is 8.21. The van der Waals surface area contributed by atoms with Crippen LogP contribution in [0.25, 0.3) is 0 Å². The Morgan fingerprint density at radius 3 is 2.52 bits per heavy atom. The van der Waals surface area contributed by atoms with Crippen LogP contribution in [-0.4, -0.2) is 36.0 Å². The van der Waals surface area contributed by atoms with E-state index in [0.717, 1.165) is 0 Å². The van der Waals surface area contributed by atoms with Gasteiger partial charge in [-0.2, -0.15) is 0 Å². The normalized spacial score (nSPS) is 15.4. The fourth-order valence-electron chi connectivity index (χ4n) is 3.11. The van der Waals surface area contributed by atoms with Crippen molar-refractivity contribution in [3.63, 3.8) is 0 Å². The van der Waals surface area contributed by atoms with Crippen molar-refractivity contribution in [1.82, 2.24) is 4.90 Å². The number of nitro benzene ring substituents is 1. The number of piperazine rings is 1. The minimum Gasteiger partial charge on any atom is -0.398 e. The van der Waals surface area contributed by atoms with E-state index in [-0.39, 0.29) is 16.4 Å². The van der Waals surface area contributed by atoms with Crippen molar-refractivity contribution >= 4 is 17.1 Å². The van der Waals surface area contributed by atoms with Crippen LogP contribution in [0.2, 0.25) is 0 Å². The summed E-state index contributed by atoms with van der Waals surface area (Å²) in [5.74, 6) is -0.202. The molecule has 0 aliphatic carbocycles. The summed E-state index contributed by atoms with van der Waals surface area (Å²) < 4.78 is 13.8. The molecular formula is C18H21FN4O2. The molecule has 25 heavy (non-hydrogen) atoms. The Labute approximate surface area is 145 Å². The maximum Gasteiger partial charge on any atom is 0.292 e. The first-order valence-electron chi connectivity index (χ1n) is 8.21. The van der Waals surface area contributed by atoms with Crippen LogP contribution in [0.15, 0.2) is 36.4 Å². The van der Waals surface area contributed by atoms with Gasteiger partial charge in [0.05, 0.1) is 4.92 Å². The molecule has 6 nitrogen and oxygen atoms in total. The monoisotopic (exact) mass is 344 g/mol. The first-order chi connectivity index (χ1) is 12.0. The highest BCUT2D eigenvalue weighted by molar-refractivity contribution is 5.71.